The predicted molar refractivity (Wildman–Crippen MR) is 80.7 cm³/mol. The Balaban J connectivity index is 2.12. The molecule has 0 bridgehead atoms. The van der Waals surface area contributed by atoms with Gasteiger partial charge in [0, 0.05) is 30.9 Å². The topological polar surface area (TPSA) is 53.4 Å². The fourth-order valence-corrected chi connectivity index (χ4v) is 2.74. The van der Waals surface area contributed by atoms with Crippen LogP contribution in [0.2, 0.25) is 0 Å². The molecule has 0 amide bonds. The van der Waals surface area contributed by atoms with E-state index in [1.165, 1.54) is 18.9 Å². The molecule has 1 aromatic rings. The van der Waals surface area contributed by atoms with E-state index in [0.29, 0.717) is 0 Å². The van der Waals surface area contributed by atoms with Gasteiger partial charge in [0.05, 0.1) is 0 Å². The minimum absolute atomic E-state index is 0.729. The smallest absolute Gasteiger partial charge is 0.328 e. The molecule has 0 saturated carbocycles. The van der Waals surface area contributed by atoms with E-state index in [1.54, 1.807) is 12.3 Å². The summed E-state index contributed by atoms with van der Waals surface area (Å²) in [5, 5.41) is 8.75. The first-order chi connectivity index (χ1) is 9.58. The van der Waals surface area contributed by atoms with E-state index < -0.39 is 5.97 Å². The van der Waals surface area contributed by atoms with Crippen LogP contribution in [0.4, 0.5) is 5.82 Å². The Morgan fingerprint density at radius 3 is 2.75 bits per heavy atom. The molecular formula is C16H22N2O2. The number of carboxylic acids is 1. The van der Waals surface area contributed by atoms with Gasteiger partial charge in [-0.25, -0.2) is 9.78 Å². The molecule has 0 aliphatic carbocycles. The Kier molecular flexibility index (Phi) is 4.77. The molecule has 4 nitrogen and oxygen atoms in total. The van der Waals surface area contributed by atoms with Gasteiger partial charge in [-0.1, -0.05) is 13.8 Å². The van der Waals surface area contributed by atoms with Gasteiger partial charge in [0.15, 0.2) is 0 Å². The molecule has 4 heteroatoms. The maximum absolute atomic E-state index is 10.7. The van der Waals surface area contributed by atoms with Crippen molar-refractivity contribution in [1.82, 2.24) is 4.98 Å². The summed E-state index contributed by atoms with van der Waals surface area (Å²) in [6.07, 6.45) is 6.91. The number of hydrogen-bond acceptors (Lipinski definition) is 3. The van der Waals surface area contributed by atoms with E-state index >= 15 is 0 Å². The molecule has 1 saturated heterocycles. The van der Waals surface area contributed by atoms with E-state index in [0.717, 1.165) is 36.3 Å². The highest BCUT2D eigenvalue weighted by Crippen LogP contribution is 2.28. The van der Waals surface area contributed by atoms with Crippen LogP contribution in [0.1, 0.15) is 32.3 Å². The summed E-state index contributed by atoms with van der Waals surface area (Å²) in [5.41, 5.74) is 0.873. The Bertz CT molecular complexity index is 489. The zero-order valence-electron chi connectivity index (χ0n) is 12.1. The molecule has 20 heavy (non-hydrogen) atoms. The van der Waals surface area contributed by atoms with Crippen LogP contribution in [-0.2, 0) is 4.79 Å². The van der Waals surface area contributed by atoms with Gasteiger partial charge in [-0.2, -0.15) is 0 Å². The highest BCUT2D eigenvalue weighted by molar-refractivity contribution is 5.86. The SMILES string of the molecule is CC(C)C1CCN(c2ncccc2/C=C/C(=O)O)CC1. The molecule has 2 rings (SSSR count). The van der Waals surface area contributed by atoms with Crippen LogP contribution in [0.5, 0.6) is 0 Å². The summed E-state index contributed by atoms with van der Waals surface area (Å²) in [6.45, 7) is 6.55. The minimum Gasteiger partial charge on any atom is -0.478 e. The fourth-order valence-electron chi connectivity index (χ4n) is 2.74. The van der Waals surface area contributed by atoms with E-state index in [-0.39, 0.29) is 0 Å². The number of aliphatic carboxylic acids is 1. The average Bonchev–Trinajstić information content (AvgIpc) is 2.45. The van der Waals surface area contributed by atoms with Gasteiger partial charge in [-0.15, -0.1) is 0 Å². The van der Waals surface area contributed by atoms with E-state index in [9.17, 15) is 4.79 Å². The standard InChI is InChI=1S/C16H22N2O2/c1-12(2)13-7-10-18(11-8-13)16-14(4-3-9-17-16)5-6-15(19)20/h3-6,9,12-13H,7-8,10-11H2,1-2H3,(H,19,20)/b6-5+. The number of piperidine rings is 1. The van der Waals surface area contributed by atoms with E-state index in [1.807, 2.05) is 12.1 Å². The third kappa shape index (κ3) is 3.59. The molecule has 1 fully saturated rings. The quantitative estimate of drug-likeness (QED) is 0.857. The van der Waals surface area contributed by atoms with Crippen LogP contribution >= 0.6 is 0 Å². The molecule has 0 radical (unpaired) electrons. The molecule has 2 heterocycles. The number of hydrogen-bond donors (Lipinski definition) is 1. The number of anilines is 1. The molecule has 0 aromatic carbocycles. The van der Waals surface area contributed by atoms with Crippen molar-refractivity contribution in [3.05, 3.63) is 30.0 Å². The molecule has 1 N–H and O–H groups in total. The molecule has 0 unspecified atom stereocenters. The first kappa shape index (κ1) is 14.6. The lowest BCUT2D eigenvalue weighted by molar-refractivity contribution is -0.131. The second kappa shape index (κ2) is 6.55. The molecule has 0 spiro atoms. The van der Waals surface area contributed by atoms with Crippen LogP contribution in [0, 0.1) is 11.8 Å². The number of aromatic nitrogens is 1. The lowest BCUT2D eigenvalue weighted by atomic mass is 9.86. The van der Waals surface area contributed by atoms with E-state index in [4.69, 9.17) is 5.11 Å². The van der Waals surface area contributed by atoms with Gasteiger partial charge in [0.1, 0.15) is 5.82 Å². The Morgan fingerprint density at radius 1 is 1.45 bits per heavy atom. The van der Waals surface area contributed by atoms with Crippen LogP contribution in [-0.4, -0.2) is 29.1 Å². The Morgan fingerprint density at radius 2 is 2.15 bits per heavy atom. The van der Waals surface area contributed by atoms with Crippen LogP contribution < -0.4 is 4.90 Å². The molecular weight excluding hydrogens is 252 g/mol. The van der Waals surface area contributed by atoms with Crippen molar-refractivity contribution >= 4 is 17.9 Å². The molecule has 1 aliphatic heterocycles. The average molecular weight is 274 g/mol. The Hall–Kier alpha value is -1.84. The van der Waals surface area contributed by atoms with Crippen molar-refractivity contribution in [3.63, 3.8) is 0 Å². The van der Waals surface area contributed by atoms with Crippen molar-refractivity contribution in [1.29, 1.82) is 0 Å². The summed E-state index contributed by atoms with van der Waals surface area (Å²) in [4.78, 5) is 17.4. The van der Waals surface area contributed by atoms with Gasteiger partial charge in [-0.3, -0.25) is 0 Å². The van der Waals surface area contributed by atoms with Crippen LogP contribution in [0.25, 0.3) is 6.08 Å². The van der Waals surface area contributed by atoms with E-state index in [2.05, 4.69) is 23.7 Å². The lowest BCUT2D eigenvalue weighted by Crippen LogP contribution is -2.36. The second-order valence-corrected chi connectivity index (χ2v) is 5.66. The first-order valence-corrected chi connectivity index (χ1v) is 7.19. The van der Waals surface area contributed by atoms with Gasteiger partial charge in [0.25, 0.3) is 0 Å². The van der Waals surface area contributed by atoms with Gasteiger partial charge >= 0.3 is 5.97 Å². The number of nitrogens with zero attached hydrogens (tertiary/aromatic N) is 2. The Labute approximate surface area is 120 Å². The first-order valence-electron chi connectivity index (χ1n) is 7.19. The lowest BCUT2D eigenvalue weighted by Gasteiger charge is -2.35. The van der Waals surface area contributed by atoms with Gasteiger partial charge in [-0.05, 0) is 42.9 Å². The molecule has 1 aliphatic rings. The number of rotatable bonds is 4. The molecule has 0 atom stereocenters. The largest absolute Gasteiger partial charge is 0.478 e. The van der Waals surface area contributed by atoms with Gasteiger partial charge < -0.3 is 10.0 Å². The predicted octanol–water partition coefficient (Wildman–Crippen LogP) is 3.05. The summed E-state index contributed by atoms with van der Waals surface area (Å²) in [7, 11) is 0. The number of carbonyl (C=O) groups is 1. The van der Waals surface area contributed by atoms with Crippen molar-refractivity contribution in [2.75, 3.05) is 18.0 Å². The fraction of sp³-hybridized carbons (Fsp3) is 0.500. The normalized spacial score (nSPS) is 17.1. The molecule has 1 aromatic heterocycles. The maximum atomic E-state index is 10.7. The summed E-state index contributed by atoms with van der Waals surface area (Å²) < 4.78 is 0. The zero-order chi connectivity index (χ0) is 14.5. The summed E-state index contributed by atoms with van der Waals surface area (Å²) >= 11 is 0. The third-order valence-corrected chi connectivity index (χ3v) is 4.00. The number of pyridine rings is 1. The highest BCUT2D eigenvalue weighted by atomic mass is 16.4. The second-order valence-electron chi connectivity index (χ2n) is 5.66. The zero-order valence-corrected chi connectivity index (χ0v) is 12.1. The minimum atomic E-state index is -0.932. The van der Waals surface area contributed by atoms with Crippen molar-refractivity contribution < 1.29 is 9.90 Å². The summed E-state index contributed by atoms with van der Waals surface area (Å²) in [6, 6.07) is 3.75. The number of carboxylic acid groups (broad SMARTS) is 1. The monoisotopic (exact) mass is 274 g/mol. The van der Waals surface area contributed by atoms with Crippen LogP contribution in [0.15, 0.2) is 24.4 Å². The third-order valence-electron chi connectivity index (χ3n) is 4.00. The van der Waals surface area contributed by atoms with Crippen LogP contribution in [0.3, 0.4) is 0 Å². The maximum Gasteiger partial charge on any atom is 0.328 e. The highest BCUT2D eigenvalue weighted by Gasteiger charge is 2.23. The van der Waals surface area contributed by atoms with Crippen molar-refractivity contribution in [2.24, 2.45) is 11.8 Å². The molecule has 108 valence electrons. The van der Waals surface area contributed by atoms with Crippen molar-refractivity contribution in [3.8, 4) is 0 Å². The summed E-state index contributed by atoms with van der Waals surface area (Å²) in [5.74, 6) is 1.48. The van der Waals surface area contributed by atoms with Gasteiger partial charge in [0.2, 0.25) is 0 Å². The van der Waals surface area contributed by atoms with Crippen molar-refractivity contribution in [2.45, 2.75) is 26.7 Å².